The molecule has 0 unspecified atom stereocenters. The third kappa shape index (κ3) is 4.51. The number of aryl methyl sites for hydroxylation is 3. The molecule has 1 aromatic heterocycles. The number of aromatic amines is 1. The Bertz CT molecular complexity index is 1030. The van der Waals surface area contributed by atoms with Crippen LogP contribution in [0, 0.1) is 20.8 Å². The first-order valence-corrected chi connectivity index (χ1v) is 9.20. The number of methoxy groups -OCH3 is 2. The summed E-state index contributed by atoms with van der Waals surface area (Å²) in [5.74, 6) is 2.06. The zero-order valence-electron chi connectivity index (χ0n) is 17.3. The van der Waals surface area contributed by atoms with Crippen LogP contribution in [0.15, 0.2) is 36.4 Å². The zero-order chi connectivity index (χ0) is 21.0. The number of carbonyl (C=O) groups is 1. The van der Waals surface area contributed by atoms with Crippen LogP contribution >= 0.6 is 0 Å². The topological polar surface area (TPSA) is 85.5 Å². The Morgan fingerprint density at radius 1 is 1.00 bits per heavy atom. The van der Waals surface area contributed by atoms with Crippen LogP contribution < -0.4 is 19.5 Å². The molecule has 0 fully saturated rings. The summed E-state index contributed by atoms with van der Waals surface area (Å²) in [6.45, 7) is 5.70. The van der Waals surface area contributed by atoms with E-state index in [9.17, 15) is 4.79 Å². The molecule has 7 heteroatoms. The number of nitrogens with one attached hydrogen (secondary N) is 2. The predicted octanol–water partition coefficient (Wildman–Crippen LogP) is 4.04. The molecular formula is C22H25N3O4. The predicted molar refractivity (Wildman–Crippen MR) is 112 cm³/mol. The first-order valence-electron chi connectivity index (χ1n) is 9.20. The SMILES string of the molecule is COc1ccc(-c2c(NC(=O)COc3cc(C)ccc3C)n[nH]c2C)cc1OC. The second-order valence-corrected chi connectivity index (χ2v) is 6.75. The Hall–Kier alpha value is -3.48. The van der Waals surface area contributed by atoms with Crippen LogP contribution in [0.25, 0.3) is 11.1 Å². The van der Waals surface area contributed by atoms with E-state index in [2.05, 4.69) is 15.5 Å². The van der Waals surface area contributed by atoms with Gasteiger partial charge in [0.2, 0.25) is 0 Å². The number of H-pyrrole nitrogens is 1. The van der Waals surface area contributed by atoms with Gasteiger partial charge in [0.15, 0.2) is 23.9 Å². The number of anilines is 1. The van der Waals surface area contributed by atoms with Crippen molar-refractivity contribution >= 4 is 11.7 Å². The summed E-state index contributed by atoms with van der Waals surface area (Å²) in [6, 6.07) is 11.4. The Balaban J connectivity index is 1.77. The molecule has 7 nitrogen and oxygen atoms in total. The maximum atomic E-state index is 12.5. The van der Waals surface area contributed by atoms with E-state index in [4.69, 9.17) is 14.2 Å². The van der Waals surface area contributed by atoms with Gasteiger partial charge >= 0.3 is 0 Å². The van der Waals surface area contributed by atoms with E-state index >= 15 is 0 Å². The first kappa shape index (κ1) is 20.3. The first-order chi connectivity index (χ1) is 13.9. The van der Waals surface area contributed by atoms with Crippen molar-refractivity contribution in [2.75, 3.05) is 26.1 Å². The average molecular weight is 395 g/mol. The fourth-order valence-corrected chi connectivity index (χ4v) is 3.04. The van der Waals surface area contributed by atoms with Gasteiger partial charge in [-0.1, -0.05) is 18.2 Å². The summed E-state index contributed by atoms with van der Waals surface area (Å²) in [5.41, 5.74) is 4.50. The van der Waals surface area contributed by atoms with Gasteiger partial charge in [-0.2, -0.15) is 5.10 Å². The normalized spacial score (nSPS) is 10.5. The van der Waals surface area contributed by atoms with Crippen LogP contribution in [0.5, 0.6) is 17.2 Å². The van der Waals surface area contributed by atoms with E-state index in [0.29, 0.717) is 23.1 Å². The highest BCUT2D eigenvalue weighted by molar-refractivity contribution is 5.95. The second-order valence-electron chi connectivity index (χ2n) is 6.75. The van der Waals surface area contributed by atoms with Gasteiger partial charge in [0.05, 0.1) is 14.2 Å². The van der Waals surface area contributed by atoms with Gasteiger partial charge < -0.3 is 19.5 Å². The Morgan fingerprint density at radius 2 is 1.76 bits per heavy atom. The van der Waals surface area contributed by atoms with Gasteiger partial charge in [0, 0.05) is 11.3 Å². The number of ether oxygens (including phenoxy) is 3. The number of rotatable bonds is 7. The van der Waals surface area contributed by atoms with Crippen LogP contribution in [0.1, 0.15) is 16.8 Å². The summed E-state index contributed by atoms with van der Waals surface area (Å²) < 4.78 is 16.4. The molecule has 0 atom stereocenters. The molecule has 152 valence electrons. The molecule has 0 aliphatic carbocycles. The standard InChI is InChI=1S/C22H25N3O4/c1-13-6-7-14(2)18(10-13)29-12-20(26)23-22-21(15(3)24-25-22)16-8-9-17(27-4)19(11-16)28-5/h6-11H,12H2,1-5H3,(H2,23,24,25,26). The lowest BCUT2D eigenvalue weighted by Gasteiger charge is -2.12. The molecule has 3 aromatic rings. The van der Waals surface area contributed by atoms with Crippen LogP contribution in [0.3, 0.4) is 0 Å². The van der Waals surface area contributed by atoms with Crippen LogP contribution in [-0.2, 0) is 4.79 Å². The molecule has 0 aliphatic rings. The lowest BCUT2D eigenvalue weighted by atomic mass is 10.0. The Morgan fingerprint density at radius 3 is 2.48 bits per heavy atom. The summed E-state index contributed by atoms with van der Waals surface area (Å²) in [7, 11) is 3.17. The van der Waals surface area contributed by atoms with Gasteiger partial charge in [-0.3, -0.25) is 9.89 Å². The minimum Gasteiger partial charge on any atom is -0.493 e. The summed E-state index contributed by atoms with van der Waals surface area (Å²) >= 11 is 0. The van der Waals surface area contributed by atoms with Gasteiger partial charge in [0.1, 0.15) is 5.75 Å². The minimum atomic E-state index is -0.292. The fraction of sp³-hybridized carbons (Fsp3) is 0.273. The maximum absolute atomic E-state index is 12.5. The van der Waals surface area contributed by atoms with Crippen molar-refractivity contribution in [1.82, 2.24) is 10.2 Å². The molecule has 2 N–H and O–H groups in total. The molecule has 0 aliphatic heterocycles. The number of hydrogen-bond donors (Lipinski definition) is 2. The molecule has 1 heterocycles. The van der Waals surface area contributed by atoms with E-state index < -0.39 is 0 Å². The number of aromatic nitrogens is 2. The highest BCUT2D eigenvalue weighted by Crippen LogP contribution is 2.36. The lowest BCUT2D eigenvalue weighted by Crippen LogP contribution is -2.21. The van der Waals surface area contributed by atoms with E-state index in [1.54, 1.807) is 14.2 Å². The van der Waals surface area contributed by atoms with Crippen LogP contribution in [-0.4, -0.2) is 36.9 Å². The number of nitrogens with zero attached hydrogens (tertiary/aromatic N) is 1. The molecule has 1 amide bonds. The summed E-state index contributed by atoms with van der Waals surface area (Å²) in [6.07, 6.45) is 0. The zero-order valence-corrected chi connectivity index (χ0v) is 17.3. The quantitative estimate of drug-likeness (QED) is 0.631. The molecule has 0 spiro atoms. The molecule has 0 saturated heterocycles. The molecule has 0 radical (unpaired) electrons. The van der Waals surface area contributed by atoms with Crippen LogP contribution in [0.4, 0.5) is 5.82 Å². The monoisotopic (exact) mass is 395 g/mol. The van der Waals surface area contributed by atoms with Gasteiger partial charge in [0.25, 0.3) is 5.91 Å². The van der Waals surface area contributed by atoms with Crippen molar-refractivity contribution in [3.05, 3.63) is 53.2 Å². The van der Waals surface area contributed by atoms with Gasteiger partial charge in [-0.15, -0.1) is 0 Å². The van der Waals surface area contributed by atoms with E-state index in [0.717, 1.165) is 27.9 Å². The Kier molecular flexibility index (Phi) is 6.07. The molecular weight excluding hydrogens is 370 g/mol. The average Bonchev–Trinajstić information content (AvgIpc) is 3.08. The minimum absolute atomic E-state index is 0.110. The van der Waals surface area contributed by atoms with E-state index in [-0.39, 0.29) is 12.5 Å². The Labute approximate surface area is 170 Å². The van der Waals surface area contributed by atoms with E-state index in [1.165, 1.54) is 0 Å². The van der Waals surface area contributed by atoms with Crippen molar-refractivity contribution in [2.45, 2.75) is 20.8 Å². The maximum Gasteiger partial charge on any atom is 0.263 e. The number of hydrogen-bond acceptors (Lipinski definition) is 5. The van der Waals surface area contributed by atoms with E-state index in [1.807, 2.05) is 57.2 Å². The van der Waals surface area contributed by atoms with Crippen molar-refractivity contribution in [3.63, 3.8) is 0 Å². The smallest absolute Gasteiger partial charge is 0.263 e. The number of carbonyl (C=O) groups excluding carboxylic acids is 1. The lowest BCUT2D eigenvalue weighted by molar-refractivity contribution is -0.118. The van der Waals surface area contributed by atoms with Crippen LogP contribution in [0.2, 0.25) is 0 Å². The molecule has 0 bridgehead atoms. The number of benzene rings is 2. The van der Waals surface area contributed by atoms with Crippen molar-refractivity contribution < 1.29 is 19.0 Å². The highest BCUT2D eigenvalue weighted by atomic mass is 16.5. The number of amides is 1. The third-order valence-corrected chi connectivity index (χ3v) is 4.58. The molecule has 3 rings (SSSR count). The van der Waals surface area contributed by atoms with Gasteiger partial charge in [-0.25, -0.2) is 0 Å². The fourth-order valence-electron chi connectivity index (χ4n) is 3.04. The largest absolute Gasteiger partial charge is 0.493 e. The van der Waals surface area contributed by atoms with Gasteiger partial charge in [-0.05, 0) is 55.7 Å². The van der Waals surface area contributed by atoms with Crippen molar-refractivity contribution in [1.29, 1.82) is 0 Å². The third-order valence-electron chi connectivity index (χ3n) is 4.58. The summed E-state index contributed by atoms with van der Waals surface area (Å²) in [5, 5.41) is 9.97. The highest BCUT2D eigenvalue weighted by Gasteiger charge is 2.17. The van der Waals surface area contributed by atoms with Crippen molar-refractivity contribution in [3.8, 4) is 28.4 Å². The second kappa shape index (κ2) is 8.68. The molecule has 29 heavy (non-hydrogen) atoms. The molecule has 2 aromatic carbocycles. The molecule has 0 saturated carbocycles. The van der Waals surface area contributed by atoms with Crippen molar-refractivity contribution in [2.24, 2.45) is 0 Å². The summed E-state index contributed by atoms with van der Waals surface area (Å²) in [4.78, 5) is 12.5.